The Morgan fingerprint density at radius 2 is 2.20 bits per heavy atom. The summed E-state index contributed by atoms with van der Waals surface area (Å²) in [6.45, 7) is 0.0763. The number of benzene rings is 1. The van der Waals surface area contributed by atoms with Crippen molar-refractivity contribution in [1.82, 2.24) is 4.90 Å². The van der Waals surface area contributed by atoms with E-state index in [1.807, 2.05) is 0 Å². The molecule has 0 fully saturated rings. The number of amides is 2. The molecule has 0 aromatic heterocycles. The number of carbonyl (C=O) groups is 3. The van der Waals surface area contributed by atoms with Crippen molar-refractivity contribution in [2.45, 2.75) is 6.42 Å². The van der Waals surface area contributed by atoms with Crippen LogP contribution < -0.4 is 10.1 Å². The monoisotopic (exact) mass is 278 g/mol. The summed E-state index contributed by atoms with van der Waals surface area (Å²) in [6, 6.07) is 4.70. The number of carboxylic acids is 1. The van der Waals surface area contributed by atoms with Crippen molar-refractivity contribution >= 4 is 23.5 Å². The lowest BCUT2D eigenvalue weighted by Crippen LogP contribution is -2.30. The maximum atomic E-state index is 12.1. The van der Waals surface area contributed by atoms with Crippen molar-refractivity contribution in [1.29, 1.82) is 0 Å². The van der Waals surface area contributed by atoms with E-state index >= 15 is 0 Å². The zero-order valence-electron chi connectivity index (χ0n) is 10.9. The van der Waals surface area contributed by atoms with Crippen molar-refractivity contribution in [3.05, 3.63) is 23.8 Å². The summed E-state index contributed by atoms with van der Waals surface area (Å²) in [7, 11) is 1.53. The van der Waals surface area contributed by atoms with E-state index in [9.17, 15) is 14.4 Å². The molecule has 1 aliphatic rings. The van der Waals surface area contributed by atoms with Gasteiger partial charge >= 0.3 is 5.97 Å². The van der Waals surface area contributed by atoms with E-state index in [2.05, 4.69) is 5.32 Å². The SMILES string of the molecule is CN(CCC(=O)O)C(=O)c1ccc2c(c1)NC(=O)CO2. The van der Waals surface area contributed by atoms with Gasteiger partial charge in [0.2, 0.25) is 0 Å². The van der Waals surface area contributed by atoms with Gasteiger partial charge in [0.1, 0.15) is 5.75 Å². The standard InChI is InChI=1S/C13H14N2O5/c1-15(5-4-12(17)18)13(19)8-2-3-10-9(6-8)14-11(16)7-20-10/h2-3,6H,4-5,7H2,1H3,(H,14,16)(H,17,18). The summed E-state index contributed by atoms with van der Waals surface area (Å²) in [5.41, 5.74) is 0.807. The molecule has 1 aromatic carbocycles. The lowest BCUT2D eigenvalue weighted by molar-refractivity contribution is -0.137. The van der Waals surface area contributed by atoms with E-state index in [1.54, 1.807) is 12.1 Å². The molecule has 0 saturated carbocycles. The van der Waals surface area contributed by atoms with Crippen LogP contribution in [0.15, 0.2) is 18.2 Å². The molecule has 1 heterocycles. The van der Waals surface area contributed by atoms with Gasteiger partial charge in [-0.1, -0.05) is 0 Å². The van der Waals surface area contributed by atoms with Gasteiger partial charge in [0.25, 0.3) is 11.8 Å². The molecular formula is C13H14N2O5. The lowest BCUT2D eigenvalue weighted by Gasteiger charge is -2.20. The van der Waals surface area contributed by atoms with Gasteiger partial charge in [-0.3, -0.25) is 14.4 Å². The molecule has 1 aromatic rings. The minimum absolute atomic E-state index is 0.0428. The molecule has 2 N–H and O–H groups in total. The van der Waals surface area contributed by atoms with Crippen LogP contribution in [0.1, 0.15) is 16.8 Å². The van der Waals surface area contributed by atoms with Gasteiger partial charge in [-0.25, -0.2) is 0 Å². The highest BCUT2D eigenvalue weighted by molar-refractivity contribution is 5.99. The van der Waals surface area contributed by atoms with Gasteiger partial charge in [-0.05, 0) is 18.2 Å². The van der Waals surface area contributed by atoms with Gasteiger partial charge in [0.05, 0.1) is 12.1 Å². The molecule has 0 radical (unpaired) electrons. The topological polar surface area (TPSA) is 95.9 Å². The van der Waals surface area contributed by atoms with Crippen molar-refractivity contribution < 1.29 is 24.2 Å². The van der Waals surface area contributed by atoms with E-state index in [0.717, 1.165) is 0 Å². The average Bonchev–Trinajstić information content (AvgIpc) is 2.43. The third kappa shape index (κ3) is 3.05. The second-order valence-electron chi connectivity index (χ2n) is 4.42. The molecule has 0 atom stereocenters. The Kier molecular flexibility index (Phi) is 3.88. The highest BCUT2D eigenvalue weighted by atomic mass is 16.5. The van der Waals surface area contributed by atoms with Crippen LogP contribution >= 0.6 is 0 Å². The quantitative estimate of drug-likeness (QED) is 0.839. The number of nitrogens with one attached hydrogen (secondary N) is 1. The summed E-state index contributed by atoms with van der Waals surface area (Å²) in [5.74, 6) is -1.04. The Morgan fingerprint density at radius 3 is 2.90 bits per heavy atom. The van der Waals surface area contributed by atoms with Crippen LogP contribution in [0, 0.1) is 0 Å². The molecule has 0 aliphatic carbocycles. The van der Waals surface area contributed by atoms with Crippen molar-refractivity contribution in [3.63, 3.8) is 0 Å². The first-order valence-electron chi connectivity index (χ1n) is 6.01. The summed E-state index contributed by atoms with van der Waals surface area (Å²) >= 11 is 0. The minimum Gasteiger partial charge on any atom is -0.482 e. The zero-order chi connectivity index (χ0) is 14.7. The first-order valence-corrected chi connectivity index (χ1v) is 6.01. The van der Waals surface area contributed by atoms with Crippen LogP contribution in [0.5, 0.6) is 5.75 Å². The molecule has 7 heteroatoms. The third-order valence-corrected chi connectivity index (χ3v) is 2.87. The largest absolute Gasteiger partial charge is 0.482 e. The van der Waals surface area contributed by atoms with E-state index in [1.165, 1.54) is 18.0 Å². The molecule has 0 spiro atoms. The second-order valence-corrected chi connectivity index (χ2v) is 4.42. The minimum atomic E-state index is -0.962. The van der Waals surface area contributed by atoms with Gasteiger partial charge in [-0.2, -0.15) is 0 Å². The normalized spacial score (nSPS) is 12.9. The van der Waals surface area contributed by atoms with E-state index in [0.29, 0.717) is 17.0 Å². The van der Waals surface area contributed by atoms with Gasteiger partial charge in [0.15, 0.2) is 6.61 Å². The number of carboxylic acid groups (broad SMARTS) is 1. The number of nitrogens with zero attached hydrogens (tertiary/aromatic N) is 1. The fourth-order valence-corrected chi connectivity index (χ4v) is 1.80. The predicted molar refractivity (Wildman–Crippen MR) is 69.8 cm³/mol. The molecule has 20 heavy (non-hydrogen) atoms. The van der Waals surface area contributed by atoms with Gasteiger partial charge in [0, 0.05) is 19.2 Å². The third-order valence-electron chi connectivity index (χ3n) is 2.87. The zero-order valence-corrected chi connectivity index (χ0v) is 10.9. The van der Waals surface area contributed by atoms with E-state index < -0.39 is 5.97 Å². The first-order chi connectivity index (χ1) is 9.47. The molecule has 1 aliphatic heterocycles. The maximum Gasteiger partial charge on any atom is 0.305 e. The highest BCUT2D eigenvalue weighted by Gasteiger charge is 2.19. The Morgan fingerprint density at radius 1 is 1.45 bits per heavy atom. The molecule has 7 nitrogen and oxygen atoms in total. The van der Waals surface area contributed by atoms with E-state index in [4.69, 9.17) is 9.84 Å². The van der Waals surface area contributed by atoms with Crippen LogP contribution in [-0.4, -0.2) is 48.0 Å². The number of anilines is 1. The average molecular weight is 278 g/mol. The van der Waals surface area contributed by atoms with Crippen LogP contribution in [0.4, 0.5) is 5.69 Å². The number of aliphatic carboxylic acids is 1. The van der Waals surface area contributed by atoms with E-state index in [-0.39, 0.29) is 31.4 Å². The van der Waals surface area contributed by atoms with Gasteiger partial charge < -0.3 is 20.1 Å². The maximum absolute atomic E-state index is 12.1. The highest BCUT2D eigenvalue weighted by Crippen LogP contribution is 2.28. The molecule has 0 bridgehead atoms. The Hall–Kier alpha value is -2.57. The number of ether oxygens (including phenoxy) is 1. The fraction of sp³-hybridized carbons (Fsp3) is 0.308. The predicted octanol–water partition coefficient (Wildman–Crippen LogP) is 0.564. The van der Waals surface area contributed by atoms with Crippen LogP contribution in [0.3, 0.4) is 0 Å². The number of hydrogen-bond donors (Lipinski definition) is 2. The Balaban J connectivity index is 2.12. The number of carbonyl (C=O) groups excluding carboxylic acids is 2. The molecule has 0 saturated heterocycles. The Labute approximate surface area is 115 Å². The fourth-order valence-electron chi connectivity index (χ4n) is 1.80. The van der Waals surface area contributed by atoms with Crippen molar-refractivity contribution in [2.75, 3.05) is 25.5 Å². The summed E-state index contributed by atoms with van der Waals surface area (Å²) in [6.07, 6.45) is -0.118. The molecular weight excluding hydrogens is 264 g/mol. The Bertz CT molecular complexity index is 570. The smallest absolute Gasteiger partial charge is 0.305 e. The summed E-state index contributed by atoms with van der Waals surface area (Å²) in [5, 5.41) is 11.2. The van der Waals surface area contributed by atoms with Crippen molar-refractivity contribution in [2.24, 2.45) is 0 Å². The molecule has 2 amide bonds. The number of fused-ring (bicyclic) bond motifs is 1. The number of rotatable bonds is 4. The molecule has 2 rings (SSSR count). The van der Waals surface area contributed by atoms with Crippen LogP contribution in [0.25, 0.3) is 0 Å². The molecule has 106 valence electrons. The summed E-state index contributed by atoms with van der Waals surface area (Å²) in [4.78, 5) is 35.1. The van der Waals surface area contributed by atoms with Crippen LogP contribution in [0.2, 0.25) is 0 Å². The lowest BCUT2D eigenvalue weighted by atomic mass is 10.1. The van der Waals surface area contributed by atoms with Gasteiger partial charge in [-0.15, -0.1) is 0 Å². The van der Waals surface area contributed by atoms with Crippen molar-refractivity contribution in [3.8, 4) is 5.75 Å². The first kappa shape index (κ1) is 13.9. The second kappa shape index (κ2) is 5.60. The summed E-state index contributed by atoms with van der Waals surface area (Å²) < 4.78 is 5.20. The molecule has 0 unspecified atom stereocenters. The van der Waals surface area contributed by atoms with Crippen LogP contribution in [-0.2, 0) is 9.59 Å². The number of hydrogen-bond acceptors (Lipinski definition) is 4.